The molecule has 132 heavy (non-hydrogen) atoms. The highest BCUT2D eigenvalue weighted by atomic mass is 19.4. The third kappa shape index (κ3) is 41.2. The second-order valence-electron chi connectivity index (χ2n) is 31.3. The number of benzene rings is 1. The van der Waals surface area contributed by atoms with Gasteiger partial charge in [-0.25, -0.2) is 9.97 Å². The van der Waals surface area contributed by atoms with Gasteiger partial charge >= 0.3 is 12.4 Å². The second kappa shape index (κ2) is 60.6. The van der Waals surface area contributed by atoms with E-state index in [4.69, 9.17) is 71.1 Å². The Hall–Kier alpha value is -8.74. The number of carbonyl (C=O) groups excluding carboxylic acids is 7. The summed E-state index contributed by atoms with van der Waals surface area (Å²) in [6, 6.07) is 4.28. The Balaban J connectivity index is 0.670. The summed E-state index contributed by atoms with van der Waals surface area (Å²) in [5.41, 5.74) is -0.843. The number of likely N-dealkylation sites (N-methyl/N-ethyl adjacent to an activating group) is 1. The number of hydrogen-bond donors (Lipinski definition) is 12. The number of carbonyl (C=O) groups is 7. The molecule has 8 rings (SSSR count). The summed E-state index contributed by atoms with van der Waals surface area (Å²) < 4.78 is 164. The Morgan fingerprint density at radius 2 is 0.939 bits per heavy atom. The summed E-state index contributed by atoms with van der Waals surface area (Å²) in [7, 11) is 1.97. The molecular weight excluding hydrogens is 1760 g/mol. The molecule has 3 aromatic heterocycles. The van der Waals surface area contributed by atoms with Gasteiger partial charge in [-0.1, -0.05) is 37.8 Å². The van der Waals surface area contributed by atoms with E-state index in [2.05, 4.69) is 72.5 Å². The second-order valence-corrected chi connectivity index (χ2v) is 31.3. The third-order valence-corrected chi connectivity index (χ3v) is 21.2. The SMILES string of the molecule is CCn1nccc1C(=O)N[C@H](C(=O)Nc1ccc(C[C@@H](NC(=O)COCCOCCOCC(=O)NC(COCCC(=O)NCCOCCOCCOCCOC[C@H]2OC[C@H](Nc3cncc(C(F)(F)F)n3)[C@@H](O)[C@H]2O)COCCC(=O)NCCOCCOCCOCCOC[C@H]2OC[C@H](Nc3cncc(C(F)(F)F)n3)[C@@H](O)[C@H]2O)C(=O)N2CCN(C)CC2)cc1)C1CCCCCC1. The zero-order valence-electron chi connectivity index (χ0n) is 74.4. The van der Waals surface area contributed by atoms with Crippen molar-refractivity contribution < 1.29 is 151 Å². The van der Waals surface area contributed by atoms with Gasteiger partial charge in [0.25, 0.3) is 5.91 Å². The number of hydrogen-bond acceptors (Lipinski definition) is 34. The molecule has 0 radical (unpaired) electrons. The van der Waals surface area contributed by atoms with E-state index in [0.717, 1.165) is 56.5 Å². The molecular formula is C84H128F6N16O26. The molecule has 6 heterocycles. The molecule has 3 aliphatic heterocycles. The van der Waals surface area contributed by atoms with Gasteiger partial charge in [0.05, 0.1) is 215 Å². The van der Waals surface area contributed by atoms with Crippen LogP contribution in [-0.4, -0.2) is 399 Å². The summed E-state index contributed by atoms with van der Waals surface area (Å²) in [6.45, 7) is 6.50. The Labute approximate surface area is 760 Å². The summed E-state index contributed by atoms with van der Waals surface area (Å²) in [5.74, 6) is -3.22. The summed E-state index contributed by atoms with van der Waals surface area (Å²) in [4.78, 5) is 111. The molecule has 12 N–H and O–H groups in total. The highest BCUT2D eigenvalue weighted by Crippen LogP contribution is 2.31. The average Bonchev–Trinajstić information content (AvgIpc) is 1.28. The smallest absolute Gasteiger partial charge is 0.388 e. The molecule has 4 aliphatic rings. The van der Waals surface area contributed by atoms with Crippen molar-refractivity contribution in [2.75, 3.05) is 247 Å². The first-order valence-corrected chi connectivity index (χ1v) is 44.3. The van der Waals surface area contributed by atoms with Gasteiger partial charge in [0.15, 0.2) is 11.4 Å². The Morgan fingerprint density at radius 1 is 0.500 bits per heavy atom. The zero-order chi connectivity index (χ0) is 94.7. The fourth-order valence-corrected chi connectivity index (χ4v) is 14.0. The van der Waals surface area contributed by atoms with Crippen LogP contribution in [0.3, 0.4) is 0 Å². The molecule has 1 aromatic carbocycles. The Kier molecular flexibility index (Phi) is 49.8. The van der Waals surface area contributed by atoms with Crippen LogP contribution in [-0.2, 0) is 125 Å². The maximum absolute atomic E-state index is 14.1. The maximum Gasteiger partial charge on any atom is 0.434 e. The first kappa shape index (κ1) is 109. The third-order valence-electron chi connectivity index (χ3n) is 21.2. The molecule has 48 heteroatoms. The molecule has 1 aliphatic carbocycles. The molecule has 0 bridgehead atoms. The van der Waals surface area contributed by atoms with Crippen LogP contribution in [0.2, 0.25) is 0 Å². The van der Waals surface area contributed by atoms with Gasteiger partial charge in [0, 0.05) is 77.0 Å². The minimum absolute atomic E-state index is 0.00251. The van der Waals surface area contributed by atoms with Crippen molar-refractivity contribution in [1.29, 1.82) is 0 Å². The maximum atomic E-state index is 14.1. The van der Waals surface area contributed by atoms with Crippen LogP contribution in [0.1, 0.15) is 85.7 Å². The molecule has 10 atom stereocenters. The van der Waals surface area contributed by atoms with Crippen molar-refractivity contribution >= 4 is 58.7 Å². The molecule has 7 amide bonds. The van der Waals surface area contributed by atoms with E-state index < -0.39 is 102 Å². The quantitative estimate of drug-likeness (QED) is 0.0157. The molecule has 42 nitrogen and oxygen atoms in total. The number of rotatable bonds is 63. The van der Waals surface area contributed by atoms with E-state index >= 15 is 0 Å². The number of piperazine rings is 1. The predicted octanol–water partition coefficient (Wildman–Crippen LogP) is -0.0548. The van der Waals surface area contributed by atoms with Gasteiger partial charge in [0.2, 0.25) is 35.4 Å². The van der Waals surface area contributed by atoms with Crippen molar-refractivity contribution in [3.05, 3.63) is 84.0 Å². The van der Waals surface area contributed by atoms with Crippen molar-refractivity contribution in [3.8, 4) is 0 Å². The number of anilines is 3. The summed E-state index contributed by atoms with van der Waals surface area (Å²) in [5, 5.41) is 68.9. The number of amides is 7. The van der Waals surface area contributed by atoms with E-state index in [1.165, 1.54) is 0 Å². The molecule has 0 spiro atoms. The lowest BCUT2D eigenvalue weighted by Gasteiger charge is -2.38. The van der Waals surface area contributed by atoms with Crippen LogP contribution in [0.5, 0.6) is 0 Å². The molecule has 742 valence electrons. The van der Waals surface area contributed by atoms with Crippen molar-refractivity contribution in [2.45, 2.75) is 150 Å². The molecule has 1 saturated carbocycles. The number of ether oxygens (including phenoxy) is 15. The van der Waals surface area contributed by atoms with E-state index in [1.807, 2.05) is 14.0 Å². The van der Waals surface area contributed by atoms with Gasteiger partial charge < -0.3 is 144 Å². The van der Waals surface area contributed by atoms with Crippen molar-refractivity contribution in [2.24, 2.45) is 5.92 Å². The number of aliphatic hydroxyl groups is 4. The molecule has 4 fully saturated rings. The number of nitrogens with zero attached hydrogens (tertiary/aromatic N) is 8. The van der Waals surface area contributed by atoms with Gasteiger partial charge in [-0.3, -0.25) is 48.2 Å². The minimum atomic E-state index is -4.72. The van der Waals surface area contributed by atoms with Crippen LogP contribution in [0.25, 0.3) is 0 Å². The van der Waals surface area contributed by atoms with Crippen LogP contribution < -0.4 is 42.5 Å². The first-order chi connectivity index (χ1) is 63.7. The minimum Gasteiger partial charge on any atom is -0.388 e. The predicted molar refractivity (Wildman–Crippen MR) is 455 cm³/mol. The van der Waals surface area contributed by atoms with Crippen LogP contribution in [0.4, 0.5) is 43.7 Å². The average molecular weight is 1890 g/mol. The van der Waals surface area contributed by atoms with Crippen molar-refractivity contribution in [3.63, 3.8) is 0 Å². The highest BCUT2D eigenvalue weighted by molar-refractivity contribution is 6.00. The number of aromatic nitrogens is 6. The standard InChI is InChI=1S/C84H128F6N16O26/c1-3-106-64(14-17-95-106)80(115)103-75(58-8-6-4-5-7-9-58)81(116)97-59-12-10-57(11-13-59)44-61(82(117)105-22-20-104(2)21-23-105)100-74(110)56-130-43-39-124-38-42-129-55-73(109)96-60(49-125-24-15-71(107)93-18-26-118-28-30-120-32-34-122-36-40-127-53-65-78(113)76(111)62(51-131-65)98-69-47-91-45-67(101-69)83(85,86)87)50-126-25-16-72(108)94-19-27-119-29-31-121-33-35-123-37-41-128-54-66-79(114)77(112)63(52-132-66)99-70-48-92-46-68(102-70)84(88,89)90/h10-14,17,45-48,58,60-63,65-66,75-79,111-114H,3-9,15-16,18-44,49-56H2,1-2H3,(H,93,107)(H,94,108)(H,96,109)(H,97,116)(H,98,101)(H,99,102)(H,100,110)(H,103,115)/t61-,62+,63+,65-,66-,75+,76-,77-,78+,79+/m1/s1. The van der Waals surface area contributed by atoms with E-state index in [0.29, 0.717) is 56.5 Å². The first-order valence-electron chi connectivity index (χ1n) is 44.3. The van der Waals surface area contributed by atoms with Crippen LogP contribution in [0, 0.1) is 5.92 Å². The highest BCUT2D eigenvalue weighted by Gasteiger charge is 2.42. The number of halogens is 6. The van der Waals surface area contributed by atoms with Crippen LogP contribution in [0.15, 0.2) is 61.3 Å². The zero-order valence-corrected chi connectivity index (χ0v) is 74.4. The van der Waals surface area contributed by atoms with Gasteiger partial charge in [-0.15, -0.1) is 0 Å². The monoisotopic (exact) mass is 1890 g/mol. The van der Waals surface area contributed by atoms with E-state index in [-0.39, 0.29) is 264 Å². The molecule has 4 aromatic rings. The lowest BCUT2D eigenvalue weighted by molar-refractivity contribution is -0.161. The number of nitrogens with one attached hydrogen (secondary N) is 8. The van der Waals surface area contributed by atoms with E-state index in [1.54, 1.807) is 46.1 Å². The normalized spacial score (nSPS) is 19.8. The molecule has 0 unspecified atom stereocenters. The molecule has 3 saturated heterocycles. The van der Waals surface area contributed by atoms with Gasteiger partial charge in [0.1, 0.15) is 79.3 Å². The fourth-order valence-electron chi connectivity index (χ4n) is 14.0. The lowest BCUT2D eigenvalue weighted by Crippen LogP contribution is -2.57. The number of aliphatic hydroxyl groups excluding tert-OH is 4. The fraction of sp³-hybridized carbons (Fsp3) is 0.714. The Bertz CT molecular complexity index is 3850. The van der Waals surface area contributed by atoms with E-state index in [9.17, 15) is 80.3 Å². The largest absolute Gasteiger partial charge is 0.434 e. The number of aryl methyl sites for hydroxylation is 1. The lowest BCUT2D eigenvalue weighted by atomic mass is 9.91. The van der Waals surface area contributed by atoms with Crippen LogP contribution >= 0.6 is 0 Å². The Morgan fingerprint density at radius 3 is 1.39 bits per heavy atom. The van der Waals surface area contributed by atoms with Gasteiger partial charge in [-0.2, -0.15) is 31.4 Å². The van der Waals surface area contributed by atoms with Crippen molar-refractivity contribution in [1.82, 2.24) is 66.1 Å². The van der Waals surface area contributed by atoms with Gasteiger partial charge in [-0.05, 0) is 56.5 Å². The topological polar surface area (TPSA) is 511 Å². The summed E-state index contributed by atoms with van der Waals surface area (Å²) in [6.07, 6.45) is -6.40. The number of alkyl halides is 6. The summed E-state index contributed by atoms with van der Waals surface area (Å²) >= 11 is 0.